The van der Waals surface area contributed by atoms with Crippen LogP contribution in [0.2, 0.25) is 0 Å². The Hall–Kier alpha value is -2.97. The average molecular weight is 510 g/mol. The Bertz CT molecular complexity index is 1270. The standard InChI is InChI=1S/C24H22F3N5.2ClH/c1-16-21(15-29-30-16)17-5-6-22-20(13-17)23(7-8-28-22)32-11-9-31(10-12-32)19-4-2-3-18(14-19)24(25,26)27;;/h2-8,13-15H,9-12H2,1H3,(H,29,30);2*1H. The van der Waals surface area contributed by atoms with Gasteiger partial charge in [0, 0.05) is 60.9 Å². The first kappa shape index (κ1) is 25.6. The molecule has 0 saturated carbocycles. The summed E-state index contributed by atoms with van der Waals surface area (Å²) in [7, 11) is 0. The van der Waals surface area contributed by atoms with E-state index in [1.807, 2.05) is 36.2 Å². The van der Waals surface area contributed by atoms with Gasteiger partial charge < -0.3 is 9.80 Å². The highest BCUT2D eigenvalue weighted by Crippen LogP contribution is 2.34. The van der Waals surface area contributed by atoms with Crippen LogP contribution >= 0.6 is 24.8 Å². The van der Waals surface area contributed by atoms with E-state index in [2.05, 4.69) is 26.1 Å². The van der Waals surface area contributed by atoms with Crippen molar-refractivity contribution in [3.8, 4) is 11.1 Å². The van der Waals surface area contributed by atoms with Gasteiger partial charge in [0.15, 0.2) is 0 Å². The fourth-order valence-corrected chi connectivity index (χ4v) is 4.31. The molecule has 1 saturated heterocycles. The number of alkyl halides is 3. The maximum absolute atomic E-state index is 13.1. The minimum absolute atomic E-state index is 0. The Morgan fingerprint density at radius 2 is 1.65 bits per heavy atom. The number of aryl methyl sites for hydroxylation is 1. The van der Waals surface area contributed by atoms with Crippen molar-refractivity contribution in [3.63, 3.8) is 0 Å². The molecule has 0 bridgehead atoms. The highest BCUT2D eigenvalue weighted by molar-refractivity contribution is 5.95. The fourth-order valence-electron chi connectivity index (χ4n) is 4.31. The Labute approximate surface area is 207 Å². The molecule has 0 spiro atoms. The summed E-state index contributed by atoms with van der Waals surface area (Å²) >= 11 is 0. The molecule has 0 radical (unpaired) electrons. The predicted molar refractivity (Wildman–Crippen MR) is 134 cm³/mol. The highest BCUT2D eigenvalue weighted by atomic mass is 35.5. The number of fused-ring (bicyclic) bond motifs is 1. The summed E-state index contributed by atoms with van der Waals surface area (Å²) in [6.07, 6.45) is -0.640. The van der Waals surface area contributed by atoms with E-state index in [4.69, 9.17) is 0 Å². The quantitative estimate of drug-likeness (QED) is 0.361. The molecule has 180 valence electrons. The third kappa shape index (κ3) is 4.93. The minimum atomic E-state index is -4.33. The number of piperazine rings is 1. The van der Waals surface area contributed by atoms with Crippen LogP contribution in [0.3, 0.4) is 0 Å². The first-order valence-corrected chi connectivity index (χ1v) is 10.5. The molecule has 0 amide bonds. The number of aromatic amines is 1. The van der Waals surface area contributed by atoms with Crippen molar-refractivity contribution in [2.75, 3.05) is 36.0 Å². The van der Waals surface area contributed by atoms with Gasteiger partial charge in [0.05, 0.1) is 16.8 Å². The summed E-state index contributed by atoms with van der Waals surface area (Å²) in [5.41, 5.74) is 5.05. The smallest absolute Gasteiger partial charge is 0.368 e. The van der Waals surface area contributed by atoms with E-state index in [1.54, 1.807) is 12.3 Å². The number of hydrogen-bond donors (Lipinski definition) is 1. The molecule has 4 aromatic rings. The summed E-state index contributed by atoms with van der Waals surface area (Å²) in [4.78, 5) is 8.80. The topological polar surface area (TPSA) is 48.1 Å². The normalized spacial score (nSPS) is 14.0. The molecule has 5 nitrogen and oxygen atoms in total. The molecule has 2 aromatic heterocycles. The minimum Gasteiger partial charge on any atom is -0.368 e. The van der Waals surface area contributed by atoms with Crippen LogP contribution in [0, 0.1) is 6.92 Å². The number of hydrogen-bond acceptors (Lipinski definition) is 4. The number of pyridine rings is 1. The van der Waals surface area contributed by atoms with Crippen molar-refractivity contribution in [1.82, 2.24) is 15.2 Å². The Balaban J connectivity index is 0.00000162. The number of benzene rings is 2. The van der Waals surface area contributed by atoms with Gasteiger partial charge in [0.2, 0.25) is 0 Å². The van der Waals surface area contributed by atoms with Gasteiger partial charge in [-0.3, -0.25) is 10.1 Å². The fraction of sp³-hybridized carbons (Fsp3) is 0.250. The van der Waals surface area contributed by atoms with Gasteiger partial charge in [-0.2, -0.15) is 18.3 Å². The second-order valence-corrected chi connectivity index (χ2v) is 7.97. The van der Waals surface area contributed by atoms with Crippen molar-refractivity contribution in [2.24, 2.45) is 0 Å². The van der Waals surface area contributed by atoms with E-state index < -0.39 is 11.7 Å². The molecule has 0 unspecified atom stereocenters. The number of H-pyrrole nitrogens is 1. The number of nitrogens with zero attached hydrogens (tertiary/aromatic N) is 4. The molecule has 0 aliphatic carbocycles. The molecule has 1 N–H and O–H groups in total. The molecule has 0 atom stereocenters. The molecule has 1 aliphatic rings. The van der Waals surface area contributed by atoms with Crippen LogP contribution in [0.15, 0.2) is 60.9 Å². The Morgan fingerprint density at radius 1 is 0.912 bits per heavy atom. The lowest BCUT2D eigenvalue weighted by molar-refractivity contribution is -0.137. The molecular formula is C24H24Cl2F3N5. The largest absolute Gasteiger partial charge is 0.416 e. The van der Waals surface area contributed by atoms with Crippen LogP contribution in [0.25, 0.3) is 22.0 Å². The maximum Gasteiger partial charge on any atom is 0.416 e. The number of rotatable bonds is 3. The number of anilines is 2. The summed E-state index contributed by atoms with van der Waals surface area (Å²) in [6, 6.07) is 13.8. The molecular weight excluding hydrogens is 486 g/mol. The van der Waals surface area contributed by atoms with E-state index in [-0.39, 0.29) is 24.8 Å². The second-order valence-electron chi connectivity index (χ2n) is 7.97. The van der Waals surface area contributed by atoms with Crippen LogP contribution in [-0.2, 0) is 6.18 Å². The number of aromatic nitrogens is 3. The number of nitrogens with one attached hydrogen (secondary N) is 1. The lowest BCUT2D eigenvalue weighted by Crippen LogP contribution is -2.46. The zero-order chi connectivity index (χ0) is 22.3. The summed E-state index contributed by atoms with van der Waals surface area (Å²) < 4.78 is 39.3. The first-order valence-electron chi connectivity index (χ1n) is 10.5. The van der Waals surface area contributed by atoms with E-state index in [0.717, 1.165) is 39.5 Å². The van der Waals surface area contributed by atoms with Crippen molar-refractivity contribution in [2.45, 2.75) is 13.1 Å². The summed E-state index contributed by atoms with van der Waals surface area (Å²) in [5, 5.41) is 8.17. The van der Waals surface area contributed by atoms with Crippen LogP contribution in [0.4, 0.5) is 24.5 Å². The van der Waals surface area contributed by atoms with Gasteiger partial charge in [-0.25, -0.2) is 0 Å². The predicted octanol–water partition coefficient (Wildman–Crippen LogP) is 6.12. The van der Waals surface area contributed by atoms with E-state index >= 15 is 0 Å². The van der Waals surface area contributed by atoms with Gasteiger partial charge in [0.25, 0.3) is 0 Å². The molecule has 5 rings (SSSR count). The first-order chi connectivity index (χ1) is 15.4. The molecule has 1 fully saturated rings. The van der Waals surface area contributed by atoms with Crippen molar-refractivity contribution in [1.29, 1.82) is 0 Å². The van der Waals surface area contributed by atoms with Gasteiger partial charge >= 0.3 is 6.18 Å². The van der Waals surface area contributed by atoms with Crippen LogP contribution < -0.4 is 9.80 Å². The van der Waals surface area contributed by atoms with Gasteiger partial charge in [0.1, 0.15) is 0 Å². The maximum atomic E-state index is 13.1. The van der Waals surface area contributed by atoms with Gasteiger partial charge in [-0.1, -0.05) is 12.1 Å². The van der Waals surface area contributed by atoms with Crippen LogP contribution in [0.1, 0.15) is 11.3 Å². The van der Waals surface area contributed by atoms with E-state index in [9.17, 15) is 13.2 Å². The average Bonchev–Trinajstić information content (AvgIpc) is 3.24. The molecule has 1 aliphatic heterocycles. The van der Waals surface area contributed by atoms with Crippen molar-refractivity contribution >= 4 is 47.1 Å². The SMILES string of the molecule is Cc1n[nH]cc1-c1ccc2nccc(N3CCN(c4cccc(C(F)(F)F)c4)CC3)c2c1.Cl.Cl. The van der Waals surface area contributed by atoms with Crippen molar-refractivity contribution < 1.29 is 13.2 Å². The lowest BCUT2D eigenvalue weighted by atomic mass is 10.0. The third-order valence-corrected chi connectivity index (χ3v) is 6.02. The Kier molecular flexibility index (Phi) is 7.63. The van der Waals surface area contributed by atoms with Crippen molar-refractivity contribution in [3.05, 3.63) is 72.2 Å². The Morgan fingerprint density at radius 3 is 2.32 bits per heavy atom. The zero-order valence-corrected chi connectivity index (χ0v) is 20.0. The van der Waals surface area contributed by atoms with Gasteiger partial charge in [-0.05, 0) is 48.9 Å². The van der Waals surface area contributed by atoms with E-state index in [1.165, 1.54) is 12.1 Å². The second kappa shape index (κ2) is 10.1. The van der Waals surface area contributed by atoms with Gasteiger partial charge in [-0.15, -0.1) is 24.8 Å². The summed E-state index contributed by atoms with van der Waals surface area (Å²) in [5.74, 6) is 0. The zero-order valence-electron chi connectivity index (χ0n) is 18.3. The van der Waals surface area contributed by atoms with Crippen LogP contribution in [-0.4, -0.2) is 41.4 Å². The summed E-state index contributed by atoms with van der Waals surface area (Å²) in [6.45, 7) is 4.68. The van der Waals surface area contributed by atoms with E-state index in [0.29, 0.717) is 31.9 Å². The lowest BCUT2D eigenvalue weighted by Gasteiger charge is -2.38. The van der Waals surface area contributed by atoms with Crippen LogP contribution in [0.5, 0.6) is 0 Å². The number of halogens is 5. The monoisotopic (exact) mass is 509 g/mol. The molecule has 34 heavy (non-hydrogen) atoms. The molecule has 2 aromatic carbocycles. The highest BCUT2D eigenvalue weighted by Gasteiger charge is 2.31. The molecule has 10 heteroatoms. The molecule has 3 heterocycles. The third-order valence-electron chi connectivity index (χ3n) is 6.02.